The van der Waals surface area contributed by atoms with E-state index in [1.54, 1.807) is 6.07 Å². The second-order valence-electron chi connectivity index (χ2n) is 3.94. The van der Waals surface area contributed by atoms with Gasteiger partial charge >= 0.3 is 5.69 Å². The van der Waals surface area contributed by atoms with Crippen LogP contribution in [0.4, 0.5) is 0 Å². The second kappa shape index (κ2) is 4.92. The molecule has 0 fully saturated rings. The van der Waals surface area contributed by atoms with Crippen molar-refractivity contribution in [3.63, 3.8) is 0 Å². The van der Waals surface area contributed by atoms with E-state index in [0.29, 0.717) is 5.69 Å². The highest BCUT2D eigenvalue weighted by molar-refractivity contribution is 5.92. The van der Waals surface area contributed by atoms with Crippen LogP contribution in [0, 0.1) is 0 Å². The molecule has 2 heterocycles. The molecule has 0 atom stereocenters. The lowest BCUT2D eigenvalue weighted by Gasteiger charge is -2.08. The summed E-state index contributed by atoms with van der Waals surface area (Å²) in [5.41, 5.74) is -0.549. The van der Waals surface area contributed by atoms with E-state index in [4.69, 9.17) is 0 Å². The van der Waals surface area contributed by atoms with Crippen LogP contribution in [0.15, 0.2) is 32.5 Å². The third kappa shape index (κ3) is 2.46. The molecule has 2 aromatic rings. The molecule has 0 radical (unpaired) electrons. The fraction of sp³-hybridized carbons (Fsp3) is 0.273. The van der Waals surface area contributed by atoms with Crippen LogP contribution >= 0.6 is 0 Å². The van der Waals surface area contributed by atoms with E-state index in [-0.39, 0.29) is 12.2 Å². The van der Waals surface area contributed by atoms with Crippen molar-refractivity contribution < 1.29 is 9.32 Å². The molecule has 0 aliphatic carbocycles. The van der Waals surface area contributed by atoms with Gasteiger partial charge in [-0.1, -0.05) is 5.16 Å². The number of amides is 1. The molecular weight excluding hydrogens is 252 g/mol. The molecule has 1 N–H and O–H groups in total. The number of aromatic nitrogens is 3. The maximum Gasteiger partial charge on any atom is 0.331 e. The number of nitrogens with one attached hydrogen (secondary N) is 1. The van der Waals surface area contributed by atoms with Gasteiger partial charge in [0.05, 0.1) is 6.54 Å². The largest absolute Gasteiger partial charge is 0.364 e. The molecule has 0 aliphatic rings. The third-order valence-electron chi connectivity index (χ3n) is 2.68. The smallest absolute Gasteiger partial charge is 0.331 e. The molecule has 0 saturated carbocycles. The van der Waals surface area contributed by atoms with Crippen LogP contribution in [-0.2, 0) is 20.6 Å². The van der Waals surface area contributed by atoms with E-state index in [2.05, 4.69) is 15.0 Å². The zero-order valence-corrected chi connectivity index (χ0v) is 10.4. The van der Waals surface area contributed by atoms with Crippen molar-refractivity contribution in [2.75, 3.05) is 0 Å². The summed E-state index contributed by atoms with van der Waals surface area (Å²) in [4.78, 5) is 35.1. The summed E-state index contributed by atoms with van der Waals surface area (Å²) < 4.78 is 6.66. The van der Waals surface area contributed by atoms with Gasteiger partial charge in [-0.05, 0) is 0 Å². The van der Waals surface area contributed by atoms with Crippen molar-refractivity contribution in [3.05, 3.63) is 50.6 Å². The molecular formula is C11H12N4O4. The van der Waals surface area contributed by atoms with Gasteiger partial charge in [-0.25, -0.2) is 4.79 Å². The number of nitrogens with zero attached hydrogens (tertiary/aromatic N) is 3. The highest BCUT2D eigenvalue weighted by atomic mass is 16.5. The molecule has 2 aromatic heterocycles. The molecule has 19 heavy (non-hydrogen) atoms. The fourth-order valence-electron chi connectivity index (χ4n) is 1.54. The van der Waals surface area contributed by atoms with Crippen molar-refractivity contribution in [2.24, 2.45) is 14.1 Å². The number of carbonyl (C=O) groups excluding carboxylic acids is 1. The minimum absolute atomic E-state index is 0.00315. The van der Waals surface area contributed by atoms with Crippen LogP contribution in [0.3, 0.4) is 0 Å². The molecule has 8 heteroatoms. The predicted octanol–water partition coefficient (Wildman–Crippen LogP) is -0.998. The maximum atomic E-state index is 11.9. The average molecular weight is 264 g/mol. The van der Waals surface area contributed by atoms with Gasteiger partial charge in [0, 0.05) is 26.2 Å². The molecule has 0 spiro atoms. The van der Waals surface area contributed by atoms with Crippen LogP contribution in [-0.4, -0.2) is 20.2 Å². The monoisotopic (exact) mass is 264 g/mol. The van der Waals surface area contributed by atoms with Gasteiger partial charge in [0.15, 0.2) is 0 Å². The minimum Gasteiger partial charge on any atom is -0.364 e. The minimum atomic E-state index is -0.556. The van der Waals surface area contributed by atoms with E-state index >= 15 is 0 Å². The topological polar surface area (TPSA) is 99.1 Å². The van der Waals surface area contributed by atoms with Crippen LogP contribution in [0.1, 0.15) is 16.2 Å². The standard InChI is InChI=1S/C11H12N4O4/c1-14-8(5-9(16)15(2)11(14)18)10(17)12-6-7-3-4-19-13-7/h3-5H,6H2,1-2H3,(H,12,17). The van der Waals surface area contributed by atoms with Crippen molar-refractivity contribution >= 4 is 5.91 Å². The molecule has 8 nitrogen and oxygen atoms in total. The Kier molecular flexibility index (Phi) is 3.32. The Morgan fingerprint density at radius 1 is 1.37 bits per heavy atom. The SMILES string of the molecule is Cn1c(C(=O)NCc2ccon2)cc(=O)n(C)c1=O. The van der Waals surface area contributed by atoms with Crippen molar-refractivity contribution in [1.82, 2.24) is 19.6 Å². The van der Waals surface area contributed by atoms with Crippen molar-refractivity contribution in [1.29, 1.82) is 0 Å². The van der Waals surface area contributed by atoms with Crippen molar-refractivity contribution in [2.45, 2.75) is 6.54 Å². The van der Waals surface area contributed by atoms with Gasteiger partial charge in [-0.3, -0.25) is 18.7 Å². The van der Waals surface area contributed by atoms with E-state index in [9.17, 15) is 14.4 Å². The molecule has 0 bridgehead atoms. The molecule has 0 aromatic carbocycles. The van der Waals surface area contributed by atoms with E-state index in [1.165, 1.54) is 20.4 Å². The molecule has 0 saturated heterocycles. The highest BCUT2D eigenvalue weighted by Gasteiger charge is 2.13. The number of carbonyl (C=O) groups is 1. The first-order valence-electron chi connectivity index (χ1n) is 5.45. The zero-order valence-electron chi connectivity index (χ0n) is 10.4. The Labute approximate surface area is 107 Å². The van der Waals surface area contributed by atoms with Crippen LogP contribution in [0.2, 0.25) is 0 Å². The molecule has 0 unspecified atom stereocenters. The summed E-state index contributed by atoms with van der Waals surface area (Å²) in [7, 11) is 2.77. The number of hydrogen-bond donors (Lipinski definition) is 1. The molecule has 100 valence electrons. The fourth-order valence-corrected chi connectivity index (χ4v) is 1.54. The summed E-state index contributed by atoms with van der Waals surface area (Å²) in [5, 5.41) is 6.18. The van der Waals surface area contributed by atoms with Crippen LogP contribution in [0.25, 0.3) is 0 Å². The van der Waals surface area contributed by atoms with Gasteiger partial charge in [0.25, 0.3) is 11.5 Å². The van der Waals surface area contributed by atoms with Gasteiger partial charge in [-0.2, -0.15) is 0 Å². The Morgan fingerprint density at radius 2 is 2.11 bits per heavy atom. The van der Waals surface area contributed by atoms with E-state index in [0.717, 1.165) is 15.2 Å². The normalized spacial score (nSPS) is 10.4. The molecule has 2 rings (SSSR count). The van der Waals surface area contributed by atoms with Crippen LogP contribution in [0.5, 0.6) is 0 Å². The van der Waals surface area contributed by atoms with E-state index in [1.807, 2.05) is 0 Å². The summed E-state index contributed by atoms with van der Waals surface area (Å²) in [6.45, 7) is 0.152. The summed E-state index contributed by atoms with van der Waals surface area (Å²) in [5.74, 6) is -0.527. The molecule has 0 aliphatic heterocycles. The summed E-state index contributed by atoms with van der Waals surface area (Å²) in [6.07, 6.45) is 1.38. The second-order valence-corrected chi connectivity index (χ2v) is 3.94. The van der Waals surface area contributed by atoms with Crippen molar-refractivity contribution in [3.8, 4) is 0 Å². The predicted molar refractivity (Wildman–Crippen MR) is 64.6 cm³/mol. The van der Waals surface area contributed by atoms with Gasteiger partial charge in [-0.15, -0.1) is 0 Å². The first-order chi connectivity index (χ1) is 9.00. The summed E-state index contributed by atoms with van der Waals surface area (Å²) in [6, 6.07) is 2.71. The lowest BCUT2D eigenvalue weighted by Crippen LogP contribution is -2.41. The Balaban J connectivity index is 2.25. The number of rotatable bonds is 3. The quantitative estimate of drug-likeness (QED) is 0.766. The highest BCUT2D eigenvalue weighted by Crippen LogP contribution is 1.96. The summed E-state index contributed by atoms with van der Waals surface area (Å²) >= 11 is 0. The lowest BCUT2D eigenvalue weighted by molar-refractivity contribution is 0.0939. The van der Waals surface area contributed by atoms with Gasteiger partial charge in [0.1, 0.15) is 17.7 Å². The lowest BCUT2D eigenvalue weighted by atomic mass is 10.3. The zero-order chi connectivity index (χ0) is 14.0. The first kappa shape index (κ1) is 12.8. The third-order valence-corrected chi connectivity index (χ3v) is 2.68. The van der Waals surface area contributed by atoms with Gasteiger partial charge in [0.2, 0.25) is 0 Å². The Bertz CT molecular complexity index is 711. The Morgan fingerprint density at radius 3 is 2.74 bits per heavy atom. The van der Waals surface area contributed by atoms with Crippen LogP contribution < -0.4 is 16.6 Å². The van der Waals surface area contributed by atoms with E-state index < -0.39 is 17.2 Å². The molecule has 1 amide bonds. The number of hydrogen-bond acceptors (Lipinski definition) is 5. The maximum absolute atomic E-state index is 11.9. The van der Waals surface area contributed by atoms with Gasteiger partial charge < -0.3 is 9.84 Å². The average Bonchev–Trinajstić information content (AvgIpc) is 2.91. The Hall–Kier alpha value is -2.64. The first-order valence-corrected chi connectivity index (χ1v) is 5.45.